The van der Waals surface area contributed by atoms with E-state index in [2.05, 4.69) is 36.2 Å². The molecule has 2 nitrogen and oxygen atoms in total. The average Bonchev–Trinajstić information content (AvgIpc) is 2.62. The van der Waals surface area contributed by atoms with E-state index in [4.69, 9.17) is 4.74 Å². The summed E-state index contributed by atoms with van der Waals surface area (Å²) >= 11 is 0. The third-order valence-corrected chi connectivity index (χ3v) is 3.29. The molecule has 2 atom stereocenters. The van der Waals surface area contributed by atoms with Crippen LogP contribution in [-0.2, 0) is 11.3 Å². The lowest BCUT2D eigenvalue weighted by Crippen LogP contribution is -2.25. The molecule has 1 saturated heterocycles. The van der Waals surface area contributed by atoms with Crippen LogP contribution in [0, 0.1) is 0 Å². The van der Waals surface area contributed by atoms with Crippen molar-refractivity contribution in [1.29, 1.82) is 0 Å². The maximum Gasteiger partial charge on any atom is 0.0720 e. The second-order valence-corrected chi connectivity index (χ2v) is 4.58. The van der Waals surface area contributed by atoms with Gasteiger partial charge in [-0.3, -0.25) is 0 Å². The van der Waals surface area contributed by atoms with Crippen LogP contribution in [0.5, 0.6) is 0 Å². The van der Waals surface area contributed by atoms with Gasteiger partial charge < -0.3 is 10.1 Å². The quantitative estimate of drug-likeness (QED) is 0.804. The molecule has 1 aromatic carbocycles. The number of rotatable bonds is 4. The van der Waals surface area contributed by atoms with E-state index in [-0.39, 0.29) is 0 Å². The Morgan fingerprint density at radius 1 is 1.24 bits per heavy atom. The summed E-state index contributed by atoms with van der Waals surface area (Å²) in [6, 6.07) is 10.8. The molecular formula is C15H21NO. The van der Waals surface area contributed by atoms with E-state index < -0.39 is 0 Å². The van der Waals surface area contributed by atoms with E-state index in [1.165, 1.54) is 5.56 Å². The molecule has 1 N–H and O–H groups in total. The van der Waals surface area contributed by atoms with Gasteiger partial charge in [0, 0.05) is 6.04 Å². The molecule has 0 amide bonds. The molecule has 0 bridgehead atoms. The van der Waals surface area contributed by atoms with E-state index in [1.807, 2.05) is 12.1 Å². The lowest BCUT2D eigenvalue weighted by molar-refractivity contribution is 0.0328. The molecule has 0 spiro atoms. The monoisotopic (exact) mass is 231 g/mol. The maximum absolute atomic E-state index is 5.97. The Morgan fingerprint density at radius 2 is 2.06 bits per heavy atom. The van der Waals surface area contributed by atoms with Crippen molar-refractivity contribution in [2.24, 2.45) is 0 Å². The average molecular weight is 231 g/mol. The Hall–Kier alpha value is -1.12. The van der Waals surface area contributed by atoms with Gasteiger partial charge in [-0.2, -0.15) is 0 Å². The zero-order valence-electron chi connectivity index (χ0n) is 10.3. The van der Waals surface area contributed by atoms with Crippen LogP contribution in [0.3, 0.4) is 0 Å². The highest BCUT2D eigenvalue weighted by Gasteiger charge is 2.16. The second-order valence-electron chi connectivity index (χ2n) is 4.58. The number of nitrogens with one attached hydrogen (secondary N) is 1. The van der Waals surface area contributed by atoms with Gasteiger partial charge in [0.15, 0.2) is 0 Å². The Kier molecular flexibility index (Phi) is 4.77. The molecule has 92 valence electrons. The van der Waals surface area contributed by atoms with Crippen molar-refractivity contribution in [1.82, 2.24) is 5.32 Å². The second kappa shape index (κ2) is 6.58. The summed E-state index contributed by atoms with van der Waals surface area (Å²) < 4.78 is 5.97. The lowest BCUT2D eigenvalue weighted by atomic mass is 10.1. The molecule has 2 rings (SSSR count). The highest BCUT2D eigenvalue weighted by Crippen LogP contribution is 2.15. The minimum absolute atomic E-state index is 0.382. The lowest BCUT2D eigenvalue weighted by Gasteiger charge is -2.15. The molecule has 1 unspecified atom stereocenters. The number of ether oxygens (including phenoxy) is 1. The Bertz CT molecular complexity index is 336. The number of hydrogen-bond donors (Lipinski definition) is 1. The van der Waals surface area contributed by atoms with Gasteiger partial charge in [-0.15, -0.1) is 6.58 Å². The minimum atomic E-state index is 0.382. The van der Waals surface area contributed by atoms with Crippen LogP contribution in [0.1, 0.15) is 24.8 Å². The summed E-state index contributed by atoms with van der Waals surface area (Å²) in [5.41, 5.74) is 1.25. The molecule has 0 radical (unpaired) electrons. The van der Waals surface area contributed by atoms with Gasteiger partial charge in [-0.05, 0) is 31.4 Å². The normalized spacial score (nSPS) is 25.2. The highest BCUT2D eigenvalue weighted by molar-refractivity contribution is 5.13. The fourth-order valence-electron chi connectivity index (χ4n) is 2.20. The summed E-state index contributed by atoms with van der Waals surface area (Å²) in [7, 11) is 0. The summed E-state index contributed by atoms with van der Waals surface area (Å²) in [5, 5.41) is 3.46. The van der Waals surface area contributed by atoms with E-state index in [9.17, 15) is 0 Å². The topological polar surface area (TPSA) is 21.3 Å². The van der Waals surface area contributed by atoms with Crippen molar-refractivity contribution in [3.63, 3.8) is 0 Å². The molecule has 2 heteroatoms. The van der Waals surface area contributed by atoms with Crippen LogP contribution in [0.2, 0.25) is 0 Å². The first-order valence-corrected chi connectivity index (χ1v) is 6.40. The number of hydrogen-bond acceptors (Lipinski definition) is 2. The standard InChI is InChI=1S/C15H21NO/c1-2-14-8-9-15(10-11-16-14)17-12-13-6-4-3-5-7-13/h2-7,14-16H,1,8-12H2/t14-,15?/m0/s1. The van der Waals surface area contributed by atoms with Crippen molar-refractivity contribution in [3.05, 3.63) is 48.6 Å². The SMILES string of the molecule is C=C[C@H]1CCC(OCc2ccccc2)CCN1. The fourth-order valence-corrected chi connectivity index (χ4v) is 2.20. The van der Waals surface area contributed by atoms with E-state index in [0.717, 1.165) is 32.4 Å². The van der Waals surface area contributed by atoms with Crippen molar-refractivity contribution < 1.29 is 4.74 Å². The molecule has 1 aromatic rings. The van der Waals surface area contributed by atoms with Gasteiger partial charge in [0.1, 0.15) is 0 Å². The predicted octanol–water partition coefficient (Wildman–Crippen LogP) is 2.90. The fraction of sp³-hybridized carbons (Fsp3) is 0.467. The van der Waals surface area contributed by atoms with E-state index in [1.54, 1.807) is 0 Å². The van der Waals surface area contributed by atoms with Gasteiger partial charge in [0.05, 0.1) is 12.7 Å². The van der Waals surface area contributed by atoms with Crippen LogP contribution in [0.15, 0.2) is 43.0 Å². The first-order chi connectivity index (χ1) is 8.38. The van der Waals surface area contributed by atoms with Gasteiger partial charge in [0.25, 0.3) is 0 Å². The largest absolute Gasteiger partial charge is 0.373 e. The van der Waals surface area contributed by atoms with Crippen LogP contribution < -0.4 is 5.32 Å². The third-order valence-electron chi connectivity index (χ3n) is 3.29. The molecule has 1 fully saturated rings. The maximum atomic E-state index is 5.97. The Balaban J connectivity index is 1.78. The molecule has 1 aliphatic heterocycles. The Morgan fingerprint density at radius 3 is 2.82 bits per heavy atom. The zero-order chi connectivity index (χ0) is 11.9. The molecule has 17 heavy (non-hydrogen) atoms. The van der Waals surface area contributed by atoms with E-state index in [0.29, 0.717) is 12.1 Å². The van der Waals surface area contributed by atoms with Crippen molar-refractivity contribution in [2.75, 3.05) is 6.54 Å². The molecule has 1 aliphatic rings. The third kappa shape index (κ3) is 3.99. The predicted molar refractivity (Wildman–Crippen MR) is 70.9 cm³/mol. The molecule has 0 saturated carbocycles. The summed E-state index contributed by atoms with van der Waals surface area (Å²) in [5.74, 6) is 0. The van der Waals surface area contributed by atoms with Crippen LogP contribution >= 0.6 is 0 Å². The van der Waals surface area contributed by atoms with Crippen LogP contribution in [-0.4, -0.2) is 18.7 Å². The van der Waals surface area contributed by atoms with Crippen LogP contribution in [0.4, 0.5) is 0 Å². The molecule has 0 aliphatic carbocycles. The molecule has 0 aromatic heterocycles. The minimum Gasteiger partial charge on any atom is -0.373 e. The molecule has 1 heterocycles. The summed E-state index contributed by atoms with van der Waals surface area (Å²) in [4.78, 5) is 0. The van der Waals surface area contributed by atoms with Gasteiger partial charge >= 0.3 is 0 Å². The van der Waals surface area contributed by atoms with Gasteiger partial charge in [-0.1, -0.05) is 36.4 Å². The first kappa shape index (κ1) is 12.3. The summed E-state index contributed by atoms with van der Waals surface area (Å²) in [6.45, 7) is 5.59. The van der Waals surface area contributed by atoms with Gasteiger partial charge in [-0.25, -0.2) is 0 Å². The van der Waals surface area contributed by atoms with Crippen molar-refractivity contribution in [2.45, 2.75) is 38.0 Å². The van der Waals surface area contributed by atoms with Gasteiger partial charge in [0.2, 0.25) is 0 Å². The number of benzene rings is 1. The van der Waals surface area contributed by atoms with Crippen LogP contribution in [0.25, 0.3) is 0 Å². The van der Waals surface area contributed by atoms with Crippen molar-refractivity contribution >= 4 is 0 Å². The first-order valence-electron chi connectivity index (χ1n) is 6.40. The highest BCUT2D eigenvalue weighted by atomic mass is 16.5. The smallest absolute Gasteiger partial charge is 0.0720 e. The summed E-state index contributed by atoms with van der Waals surface area (Å²) in [6.07, 6.45) is 5.73. The Labute approximate surface area is 104 Å². The van der Waals surface area contributed by atoms with Crippen molar-refractivity contribution in [3.8, 4) is 0 Å². The molecular weight excluding hydrogens is 210 g/mol. The van der Waals surface area contributed by atoms with E-state index >= 15 is 0 Å². The zero-order valence-corrected chi connectivity index (χ0v) is 10.3.